The van der Waals surface area contributed by atoms with Crippen molar-refractivity contribution in [1.82, 2.24) is 0 Å². The first kappa shape index (κ1) is 21.9. The monoisotopic (exact) mass is 398 g/mol. The first-order valence-corrected chi connectivity index (χ1v) is 9.24. The summed E-state index contributed by atoms with van der Waals surface area (Å²) < 4.78 is 10.5. The highest BCUT2D eigenvalue weighted by Gasteiger charge is 2.13. The minimum atomic E-state index is -0.552. The molecular weight excluding hydrogens is 372 g/mol. The lowest BCUT2D eigenvalue weighted by molar-refractivity contribution is -0.147. The van der Waals surface area contributed by atoms with E-state index in [-0.39, 0.29) is 18.4 Å². The molecule has 0 fully saturated rings. The molecule has 0 atom stereocenters. The molecule has 0 heterocycles. The van der Waals surface area contributed by atoms with E-state index >= 15 is 0 Å². The van der Waals surface area contributed by atoms with E-state index in [1.165, 1.54) is 17.7 Å². The van der Waals surface area contributed by atoms with Crippen molar-refractivity contribution in [1.29, 1.82) is 0 Å². The molecule has 0 bridgehead atoms. The van der Waals surface area contributed by atoms with Crippen molar-refractivity contribution in [3.63, 3.8) is 0 Å². The molecule has 0 saturated carbocycles. The number of esters is 1. The number of anilines is 1. The predicted molar refractivity (Wildman–Crippen MR) is 110 cm³/mol. The Balaban J connectivity index is 1.68. The number of primary amides is 1. The Labute approximate surface area is 170 Å². The fourth-order valence-corrected chi connectivity index (χ4v) is 2.44. The van der Waals surface area contributed by atoms with Crippen LogP contribution in [0.25, 0.3) is 0 Å². The van der Waals surface area contributed by atoms with Crippen LogP contribution < -0.4 is 15.8 Å². The van der Waals surface area contributed by atoms with Crippen molar-refractivity contribution < 1.29 is 23.9 Å². The van der Waals surface area contributed by atoms with Crippen LogP contribution in [0.4, 0.5) is 5.69 Å². The van der Waals surface area contributed by atoms with Crippen LogP contribution in [0.1, 0.15) is 43.1 Å². The zero-order valence-electron chi connectivity index (χ0n) is 16.9. The van der Waals surface area contributed by atoms with Gasteiger partial charge >= 0.3 is 5.97 Å². The summed E-state index contributed by atoms with van der Waals surface area (Å²) in [4.78, 5) is 34.6. The van der Waals surface area contributed by atoms with E-state index in [0.29, 0.717) is 17.0 Å². The Morgan fingerprint density at radius 3 is 2.14 bits per heavy atom. The van der Waals surface area contributed by atoms with E-state index in [1.54, 1.807) is 12.1 Å². The Morgan fingerprint density at radius 2 is 1.59 bits per heavy atom. The molecule has 0 unspecified atom stereocenters. The molecule has 154 valence electrons. The van der Waals surface area contributed by atoms with Crippen LogP contribution in [0.5, 0.6) is 5.75 Å². The quantitative estimate of drug-likeness (QED) is 0.665. The average molecular weight is 398 g/mol. The van der Waals surface area contributed by atoms with E-state index < -0.39 is 24.4 Å². The Kier molecular flexibility index (Phi) is 7.36. The molecule has 2 aromatic carbocycles. The summed E-state index contributed by atoms with van der Waals surface area (Å²) >= 11 is 0. The van der Waals surface area contributed by atoms with E-state index in [1.807, 2.05) is 24.3 Å². The van der Waals surface area contributed by atoms with Crippen LogP contribution >= 0.6 is 0 Å². The van der Waals surface area contributed by atoms with Crippen molar-refractivity contribution in [3.8, 4) is 5.75 Å². The molecule has 3 N–H and O–H groups in total. The van der Waals surface area contributed by atoms with Crippen LogP contribution in [-0.2, 0) is 19.7 Å². The number of hydrogen-bond acceptors (Lipinski definition) is 5. The summed E-state index contributed by atoms with van der Waals surface area (Å²) in [5.41, 5.74) is 7.22. The lowest BCUT2D eigenvalue weighted by atomic mass is 9.87. The zero-order chi connectivity index (χ0) is 21.4. The molecule has 29 heavy (non-hydrogen) atoms. The normalized spacial score (nSPS) is 10.9. The number of nitrogens with two attached hydrogens (primary N) is 1. The minimum absolute atomic E-state index is 0.0294. The smallest absolute Gasteiger partial charge is 0.309 e. The third-order valence-electron chi connectivity index (χ3n) is 4.11. The van der Waals surface area contributed by atoms with Crippen LogP contribution in [0.3, 0.4) is 0 Å². The van der Waals surface area contributed by atoms with Gasteiger partial charge in [-0.15, -0.1) is 0 Å². The lowest BCUT2D eigenvalue weighted by Gasteiger charge is -2.19. The van der Waals surface area contributed by atoms with Crippen molar-refractivity contribution in [2.45, 2.75) is 32.6 Å². The highest BCUT2D eigenvalue weighted by molar-refractivity contribution is 5.95. The fraction of sp³-hybridized carbons (Fsp3) is 0.318. The van der Waals surface area contributed by atoms with Gasteiger partial charge in [0.2, 0.25) is 5.91 Å². The van der Waals surface area contributed by atoms with Gasteiger partial charge in [0.1, 0.15) is 5.75 Å². The summed E-state index contributed by atoms with van der Waals surface area (Å²) in [6, 6.07) is 13.8. The summed E-state index contributed by atoms with van der Waals surface area (Å²) in [7, 11) is 0. The first-order valence-electron chi connectivity index (χ1n) is 9.24. The van der Waals surface area contributed by atoms with E-state index in [0.717, 1.165) is 0 Å². The van der Waals surface area contributed by atoms with E-state index in [2.05, 4.69) is 26.1 Å². The molecule has 2 amide bonds. The second-order valence-electron chi connectivity index (χ2n) is 7.52. The topological polar surface area (TPSA) is 108 Å². The molecule has 7 heteroatoms. The number of nitrogens with one attached hydrogen (secondary N) is 1. The first-order chi connectivity index (χ1) is 13.6. The number of rotatable bonds is 8. The highest BCUT2D eigenvalue weighted by Crippen LogP contribution is 2.24. The molecule has 0 spiro atoms. The molecule has 0 aromatic heterocycles. The molecule has 0 aliphatic carbocycles. The van der Waals surface area contributed by atoms with Crippen LogP contribution in [-0.4, -0.2) is 31.0 Å². The summed E-state index contributed by atoms with van der Waals surface area (Å²) in [5, 5.41) is 2.56. The number of amides is 2. The minimum Gasteiger partial charge on any atom is -0.493 e. The molecule has 7 nitrogen and oxygen atoms in total. The van der Waals surface area contributed by atoms with Crippen molar-refractivity contribution in [3.05, 3.63) is 59.7 Å². The molecule has 0 aliphatic heterocycles. The van der Waals surface area contributed by atoms with Gasteiger partial charge in [-0.25, -0.2) is 0 Å². The summed E-state index contributed by atoms with van der Waals surface area (Å²) in [6.07, 6.45) is 0.0294. The van der Waals surface area contributed by atoms with E-state index in [4.69, 9.17) is 15.2 Å². The van der Waals surface area contributed by atoms with Gasteiger partial charge < -0.3 is 20.5 Å². The molecule has 0 saturated heterocycles. The molecular formula is C22H26N2O5. The number of carbonyl (C=O) groups excluding carboxylic acids is 3. The molecule has 0 radical (unpaired) electrons. The maximum Gasteiger partial charge on any atom is 0.309 e. The van der Waals surface area contributed by atoms with Gasteiger partial charge in [-0.1, -0.05) is 32.9 Å². The van der Waals surface area contributed by atoms with E-state index in [9.17, 15) is 14.4 Å². The van der Waals surface area contributed by atoms with Gasteiger partial charge in [-0.3, -0.25) is 14.4 Å². The number of hydrogen-bond donors (Lipinski definition) is 2. The van der Waals surface area contributed by atoms with Gasteiger partial charge in [0.05, 0.1) is 13.0 Å². The third kappa shape index (κ3) is 7.29. The zero-order valence-corrected chi connectivity index (χ0v) is 16.9. The number of benzene rings is 2. The van der Waals surface area contributed by atoms with Gasteiger partial charge in [-0.2, -0.15) is 0 Å². The van der Waals surface area contributed by atoms with Crippen molar-refractivity contribution in [2.24, 2.45) is 5.73 Å². The SMILES string of the molecule is CC(C)(C)c1ccc(OCCC(=O)OCC(=O)Nc2ccc(C(N)=O)cc2)cc1. The van der Waals surface area contributed by atoms with Crippen molar-refractivity contribution >= 4 is 23.5 Å². The Bertz CT molecular complexity index is 852. The summed E-state index contributed by atoms with van der Waals surface area (Å²) in [5.74, 6) is -0.897. The van der Waals surface area contributed by atoms with Crippen molar-refractivity contribution in [2.75, 3.05) is 18.5 Å². The average Bonchev–Trinajstić information content (AvgIpc) is 2.66. The number of ether oxygens (including phenoxy) is 2. The Hall–Kier alpha value is -3.35. The lowest BCUT2D eigenvalue weighted by Crippen LogP contribution is -2.21. The predicted octanol–water partition coefficient (Wildman–Crippen LogP) is 3.03. The second-order valence-corrected chi connectivity index (χ2v) is 7.52. The fourth-order valence-electron chi connectivity index (χ4n) is 2.44. The molecule has 2 aromatic rings. The van der Waals surface area contributed by atoms with Crippen LogP contribution in [0.15, 0.2) is 48.5 Å². The van der Waals surface area contributed by atoms with Gasteiger partial charge in [-0.05, 0) is 47.4 Å². The Morgan fingerprint density at radius 1 is 0.966 bits per heavy atom. The largest absolute Gasteiger partial charge is 0.493 e. The third-order valence-corrected chi connectivity index (χ3v) is 4.11. The van der Waals surface area contributed by atoms with Crippen LogP contribution in [0, 0.1) is 0 Å². The highest BCUT2D eigenvalue weighted by atomic mass is 16.5. The van der Waals surface area contributed by atoms with Crippen LogP contribution in [0.2, 0.25) is 0 Å². The number of carbonyl (C=O) groups is 3. The maximum atomic E-state index is 11.8. The maximum absolute atomic E-state index is 11.8. The second kappa shape index (κ2) is 9.73. The molecule has 0 aliphatic rings. The van der Waals surface area contributed by atoms with Gasteiger partial charge in [0.15, 0.2) is 6.61 Å². The summed E-state index contributed by atoms with van der Waals surface area (Å²) in [6.45, 7) is 6.14. The molecule has 2 rings (SSSR count). The standard InChI is InChI=1S/C22H26N2O5/c1-22(2,3)16-6-10-18(11-7-16)28-13-12-20(26)29-14-19(25)24-17-8-4-15(5-9-17)21(23)27/h4-11H,12-14H2,1-3H3,(H2,23,27)(H,24,25). The van der Waals surface area contributed by atoms with Gasteiger partial charge in [0, 0.05) is 11.3 Å². The van der Waals surface area contributed by atoms with Gasteiger partial charge in [0.25, 0.3) is 5.91 Å².